The molecule has 0 aromatic heterocycles. The molecule has 0 atom stereocenters. The van der Waals surface area contributed by atoms with Crippen LogP contribution < -0.4 is 15.4 Å². The van der Waals surface area contributed by atoms with E-state index in [9.17, 15) is 0 Å². The van der Waals surface area contributed by atoms with Gasteiger partial charge in [0.1, 0.15) is 5.75 Å². The van der Waals surface area contributed by atoms with E-state index < -0.39 is 0 Å². The van der Waals surface area contributed by atoms with E-state index in [1.54, 1.807) is 7.11 Å². The molecule has 1 aliphatic rings. The molecule has 1 fully saturated rings. The van der Waals surface area contributed by atoms with Crippen LogP contribution in [0.2, 0.25) is 0 Å². The van der Waals surface area contributed by atoms with Crippen LogP contribution in [0.5, 0.6) is 5.75 Å². The molecule has 6 nitrogen and oxygen atoms in total. The highest BCUT2D eigenvalue weighted by molar-refractivity contribution is 14.0. The molecule has 0 aliphatic carbocycles. The Morgan fingerprint density at radius 1 is 1.07 bits per heavy atom. The molecule has 0 amide bonds. The van der Waals surface area contributed by atoms with Gasteiger partial charge in [-0.3, -0.25) is 4.90 Å². The first-order chi connectivity index (χ1) is 14.3. The summed E-state index contributed by atoms with van der Waals surface area (Å²) in [6.45, 7) is 8.80. The summed E-state index contributed by atoms with van der Waals surface area (Å²) in [4.78, 5) is 7.20. The fourth-order valence-electron chi connectivity index (χ4n) is 3.38. The van der Waals surface area contributed by atoms with Gasteiger partial charge in [0, 0.05) is 38.3 Å². The number of hydrogen-bond acceptors (Lipinski definition) is 4. The number of hydrogen-bond donors (Lipinski definition) is 2. The van der Waals surface area contributed by atoms with Crippen molar-refractivity contribution in [2.75, 3.05) is 40.0 Å². The highest BCUT2D eigenvalue weighted by atomic mass is 127. The first-order valence-electron chi connectivity index (χ1n) is 10.3. The molecule has 0 spiro atoms. The van der Waals surface area contributed by atoms with Gasteiger partial charge < -0.3 is 20.1 Å². The van der Waals surface area contributed by atoms with Gasteiger partial charge in [-0.25, -0.2) is 4.99 Å². The van der Waals surface area contributed by atoms with Crippen LogP contribution in [0.4, 0.5) is 0 Å². The van der Waals surface area contributed by atoms with Crippen molar-refractivity contribution in [3.63, 3.8) is 0 Å². The Hall–Kier alpha value is -1.84. The number of nitrogens with zero attached hydrogens (tertiary/aromatic N) is 2. The summed E-state index contributed by atoms with van der Waals surface area (Å²) in [5, 5.41) is 6.72. The van der Waals surface area contributed by atoms with Gasteiger partial charge in [-0.1, -0.05) is 42.5 Å². The molecule has 0 radical (unpaired) electrons. The third kappa shape index (κ3) is 7.77. The third-order valence-electron chi connectivity index (χ3n) is 4.90. The second kappa shape index (κ2) is 13.5. The van der Waals surface area contributed by atoms with Crippen molar-refractivity contribution in [3.05, 3.63) is 65.2 Å². The van der Waals surface area contributed by atoms with Gasteiger partial charge in [0.2, 0.25) is 0 Å². The van der Waals surface area contributed by atoms with Gasteiger partial charge in [-0.2, -0.15) is 0 Å². The van der Waals surface area contributed by atoms with Crippen molar-refractivity contribution in [3.8, 4) is 5.75 Å². The maximum Gasteiger partial charge on any atom is 0.191 e. The molecule has 30 heavy (non-hydrogen) atoms. The molecule has 164 valence electrons. The van der Waals surface area contributed by atoms with E-state index in [0.717, 1.165) is 56.7 Å². The van der Waals surface area contributed by atoms with Crippen LogP contribution in [0.1, 0.15) is 23.6 Å². The van der Waals surface area contributed by atoms with E-state index in [4.69, 9.17) is 14.5 Å². The van der Waals surface area contributed by atoms with Gasteiger partial charge in [0.05, 0.1) is 26.9 Å². The van der Waals surface area contributed by atoms with Crippen LogP contribution in [0.25, 0.3) is 0 Å². The first kappa shape index (κ1) is 24.4. The Labute approximate surface area is 197 Å². The van der Waals surface area contributed by atoms with Crippen molar-refractivity contribution in [1.29, 1.82) is 0 Å². The largest absolute Gasteiger partial charge is 0.496 e. The molecule has 3 rings (SSSR count). The van der Waals surface area contributed by atoms with E-state index >= 15 is 0 Å². The fraction of sp³-hybridized carbons (Fsp3) is 0.435. The maximum absolute atomic E-state index is 5.44. The van der Waals surface area contributed by atoms with Gasteiger partial charge in [0.15, 0.2) is 5.96 Å². The predicted molar refractivity (Wildman–Crippen MR) is 133 cm³/mol. The lowest BCUT2D eigenvalue weighted by Crippen LogP contribution is -2.36. The molecule has 2 aromatic rings. The van der Waals surface area contributed by atoms with Crippen LogP contribution in [-0.2, 0) is 24.4 Å². The lowest BCUT2D eigenvalue weighted by molar-refractivity contribution is 0.0342. The smallest absolute Gasteiger partial charge is 0.191 e. The molecule has 0 saturated carbocycles. The van der Waals surface area contributed by atoms with E-state index in [2.05, 4.69) is 52.8 Å². The Morgan fingerprint density at radius 2 is 1.83 bits per heavy atom. The fourth-order valence-corrected chi connectivity index (χ4v) is 3.38. The van der Waals surface area contributed by atoms with Crippen LogP contribution in [0.15, 0.2) is 53.5 Å². The van der Waals surface area contributed by atoms with Crippen LogP contribution in [0, 0.1) is 0 Å². The highest BCUT2D eigenvalue weighted by Gasteiger charge is 2.10. The Bertz CT molecular complexity index is 794. The Kier molecular flexibility index (Phi) is 11.0. The first-order valence-corrected chi connectivity index (χ1v) is 10.3. The number of ether oxygens (including phenoxy) is 2. The van der Waals surface area contributed by atoms with Crippen molar-refractivity contribution < 1.29 is 9.47 Å². The minimum atomic E-state index is 0. The number of morpholine rings is 1. The number of nitrogens with one attached hydrogen (secondary N) is 2. The molecule has 1 aliphatic heterocycles. The number of rotatable bonds is 8. The number of aliphatic imine (C=N–C) groups is 1. The van der Waals surface area contributed by atoms with Crippen molar-refractivity contribution in [2.45, 2.75) is 26.6 Å². The lowest BCUT2D eigenvalue weighted by atomic mass is 10.1. The molecule has 7 heteroatoms. The second-order valence-electron chi connectivity index (χ2n) is 7.07. The van der Waals surface area contributed by atoms with Gasteiger partial charge in [-0.15, -0.1) is 24.0 Å². The zero-order chi connectivity index (χ0) is 20.3. The van der Waals surface area contributed by atoms with E-state index in [-0.39, 0.29) is 24.0 Å². The number of methoxy groups -OCH3 is 1. The molecule has 0 unspecified atom stereocenters. The molecule has 2 aromatic carbocycles. The van der Waals surface area contributed by atoms with Crippen LogP contribution in [0.3, 0.4) is 0 Å². The summed E-state index contributed by atoms with van der Waals surface area (Å²) in [6.07, 6.45) is 0. The number of benzene rings is 2. The minimum Gasteiger partial charge on any atom is -0.496 e. The van der Waals surface area contributed by atoms with Crippen molar-refractivity contribution >= 4 is 29.9 Å². The second-order valence-corrected chi connectivity index (χ2v) is 7.07. The maximum atomic E-state index is 5.44. The van der Waals surface area contributed by atoms with E-state index in [0.29, 0.717) is 13.1 Å². The molecule has 1 saturated heterocycles. The Balaban J connectivity index is 0.00000320. The topological polar surface area (TPSA) is 58.1 Å². The highest BCUT2D eigenvalue weighted by Crippen LogP contribution is 2.16. The zero-order valence-electron chi connectivity index (χ0n) is 17.9. The normalized spacial score (nSPS) is 14.7. The predicted octanol–water partition coefficient (Wildman–Crippen LogP) is 3.40. The summed E-state index contributed by atoms with van der Waals surface area (Å²) in [6, 6.07) is 16.7. The molecule has 1 heterocycles. The van der Waals surface area contributed by atoms with Gasteiger partial charge in [-0.05, 0) is 24.1 Å². The summed E-state index contributed by atoms with van der Waals surface area (Å²) in [7, 11) is 1.70. The van der Waals surface area contributed by atoms with Gasteiger partial charge >= 0.3 is 0 Å². The summed E-state index contributed by atoms with van der Waals surface area (Å²) >= 11 is 0. The Morgan fingerprint density at radius 3 is 2.60 bits per heavy atom. The standard InChI is InChI=1S/C23H32N4O2.HI/c1-3-24-23(26-17-21-9-4-5-10-22(21)28-2)25-16-19-7-6-8-20(15-19)18-27-11-13-29-14-12-27;/h4-10,15H,3,11-14,16-18H2,1-2H3,(H2,24,25,26);1H. The lowest BCUT2D eigenvalue weighted by Gasteiger charge is -2.26. The quantitative estimate of drug-likeness (QED) is 0.315. The molecule has 2 N–H and O–H groups in total. The minimum absolute atomic E-state index is 0. The number of halogens is 1. The molecule has 0 bridgehead atoms. The SMILES string of the molecule is CCNC(=NCc1cccc(CN2CCOCC2)c1)NCc1ccccc1OC.I. The molecular formula is C23H33IN4O2. The van der Waals surface area contributed by atoms with E-state index in [1.807, 2.05) is 18.2 Å². The number of para-hydroxylation sites is 1. The monoisotopic (exact) mass is 524 g/mol. The zero-order valence-corrected chi connectivity index (χ0v) is 20.2. The average molecular weight is 524 g/mol. The van der Waals surface area contributed by atoms with Crippen molar-refractivity contribution in [1.82, 2.24) is 15.5 Å². The third-order valence-corrected chi connectivity index (χ3v) is 4.90. The van der Waals surface area contributed by atoms with E-state index in [1.165, 1.54) is 11.1 Å². The van der Waals surface area contributed by atoms with Crippen LogP contribution in [-0.4, -0.2) is 50.8 Å². The van der Waals surface area contributed by atoms with Crippen LogP contribution >= 0.6 is 24.0 Å². The van der Waals surface area contributed by atoms with Gasteiger partial charge in [0.25, 0.3) is 0 Å². The number of guanidine groups is 1. The summed E-state index contributed by atoms with van der Waals surface area (Å²) in [5.41, 5.74) is 3.64. The summed E-state index contributed by atoms with van der Waals surface area (Å²) < 4.78 is 10.9. The summed E-state index contributed by atoms with van der Waals surface area (Å²) in [5.74, 6) is 1.68. The average Bonchev–Trinajstić information content (AvgIpc) is 2.77. The molecular weight excluding hydrogens is 491 g/mol. The van der Waals surface area contributed by atoms with Crippen molar-refractivity contribution in [2.24, 2.45) is 4.99 Å².